The molecule has 2 aromatic carbocycles. The van der Waals surface area contributed by atoms with Crippen molar-refractivity contribution in [3.8, 4) is 17.6 Å². The fourth-order valence-corrected chi connectivity index (χ4v) is 2.69. The first-order valence-electron chi connectivity index (χ1n) is 9.49. The Balaban J connectivity index is 2.10. The number of hydrogen-bond donors (Lipinski definition) is 0. The standard InChI is InChI=1S/C24H26N2O3/c1-4-14-26(18-21-8-6-20(17-25)7-9-21)24(27)13-11-19-10-12-22(29-15-5-2)23(16-19)28-3/h4,6-13,16H,1,5,14-15,18H2,2-3H3/b13-11+. The SMILES string of the molecule is C=CCN(Cc1ccc(C#N)cc1)C(=O)/C=C/c1ccc(OCCC)c(OC)c1. The van der Waals surface area contributed by atoms with E-state index in [1.807, 2.05) is 37.3 Å². The number of benzene rings is 2. The molecule has 1 amide bonds. The fraction of sp³-hybridized carbons (Fsp3) is 0.250. The molecule has 0 saturated carbocycles. The lowest BCUT2D eigenvalue weighted by Crippen LogP contribution is -2.29. The molecule has 0 aliphatic rings. The second-order valence-corrected chi connectivity index (χ2v) is 6.41. The highest BCUT2D eigenvalue weighted by Gasteiger charge is 2.10. The maximum Gasteiger partial charge on any atom is 0.247 e. The Morgan fingerprint density at radius 2 is 1.97 bits per heavy atom. The van der Waals surface area contributed by atoms with Gasteiger partial charge < -0.3 is 14.4 Å². The third-order valence-electron chi connectivity index (χ3n) is 4.19. The average Bonchev–Trinajstić information content (AvgIpc) is 2.76. The number of carbonyl (C=O) groups excluding carboxylic acids is 1. The maximum atomic E-state index is 12.7. The minimum atomic E-state index is -0.125. The van der Waals surface area contributed by atoms with Crippen LogP contribution >= 0.6 is 0 Å². The summed E-state index contributed by atoms with van der Waals surface area (Å²) in [6.45, 7) is 7.27. The maximum absolute atomic E-state index is 12.7. The lowest BCUT2D eigenvalue weighted by molar-refractivity contribution is -0.126. The van der Waals surface area contributed by atoms with Gasteiger partial charge in [0.15, 0.2) is 11.5 Å². The summed E-state index contributed by atoms with van der Waals surface area (Å²) in [5.41, 5.74) is 2.39. The molecule has 0 atom stereocenters. The summed E-state index contributed by atoms with van der Waals surface area (Å²) < 4.78 is 11.0. The second-order valence-electron chi connectivity index (χ2n) is 6.41. The van der Waals surface area contributed by atoms with E-state index in [1.54, 1.807) is 36.3 Å². The second kappa shape index (κ2) is 11.4. The molecule has 29 heavy (non-hydrogen) atoms. The summed E-state index contributed by atoms with van der Waals surface area (Å²) in [6, 6.07) is 14.9. The summed E-state index contributed by atoms with van der Waals surface area (Å²) in [5, 5.41) is 8.90. The highest BCUT2D eigenvalue weighted by Crippen LogP contribution is 2.28. The molecular formula is C24H26N2O3. The highest BCUT2D eigenvalue weighted by atomic mass is 16.5. The Labute approximate surface area is 172 Å². The van der Waals surface area contributed by atoms with Crippen LogP contribution in [0.25, 0.3) is 6.08 Å². The molecule has 5 nitrogen and oxygen atoms in total. The van der Waals surface area contributed by atoms with Crippen molar-refractivity contribution in [2.75, 3.05) is 20.3 Å². The van der Waals surface area contributed by atoms with Gasteiger partial charge in [-0.2, -0.15) is 5.26 Å². The smallest absolute Gasteiger partial charge is 0.247 e. The van der Waals surface area contributed by atoms with Crippen LogP contribution < -0.4 is 9.47 Å². The van der Waals surface area contributed by atoms with E-state index < -0.39 is 0 Å². The van der Waals surface area contributed by atoms with Gasteiger partial charge in [0.2, 0.25) is 5.91 Å². The van der Waals surface area contributed by atoms with Gasteiger partial charge in [0.05, 0.1) is 25.3 Å². The largest absolute Gasteiger partial charge is 0.493 e. The molecule has 5 heteroatoms. The van der Waals surface area contributed by atoms with Gasteiger partial charge in [-0.1, -0.05) is 31.2 Å². The summed E-state index contributed by atoms with van der Waals surface area (Å²) in [7, 11) is 1.59. The Kier molecular flexibility index (Phi) is 8.52. The number of methoxy groups -OCH3 is 1. The number of nitrogens with zero attached hydrogens (tertiary/aromatic N) is 2. The van der Waals surface area contributed by atoms with E-state index in [2.05, 4.69) is 12.6 Å². The van der Waals surface area contributed by atoms with Gasteiger partial charge in [-0.25, -0.2) is 0 Å². The van der Waals surface area contributed by atoms with Crippen LogP contribution in [0.3, 0.4) is 0 Å². The number of hydrogen-bond acceptors (Lipinski definition) is 4. The van der Waals surface area contributed by atoms with Crippen LogP contribution in [-0.4, -0.2) is 31.1 Å². The van der Waals surface area contributed by atoms with Gasteiger partial charge in [-0.05, 0) is 47.9 Å². The number of carbonyl (C=O) groups is 1. The highest BCUT2D eigenvalue weighted by molar-refractivity contribution is 5.92. The Bertz CT molecular complexity index is 895. The van der Waals surface area contributed by atoms with E-state index in [0.717, 1.165) is 17.5 Å². The first-order chi connectivity index (χ1) is 14.1. The van der Waals surface area contributed by atoms with Crippen LogP contribution in [0, 0.1) is 11.3 Å². The van der Waals surface area contributed by atoms with E-state index in [-0.39, 0.29) is 5.91 Å². The monoisotopic (exact) mass is 390 g/mol. The third kappa shape index (κ3) is 6.54. The molecular weight excluding hydrogens is 364 g/mol. The van der Waals surface area contributed by atoms with Crippen molar-refractivity contribution in [1.82, 2.24) is 4.90 Å². The molecule has 0 unspecified atom stereocenters. The molecule has 0 radical (unpaired) electrons. The van der Waals surface area contributed by atoms with Crippen molar-refractivity contribution in [3.05, 3.63) is 77.9 Å². The quantitative estimate of drug-likeness (QED) is 0.440. The molecule has 0 aromatic heterocycles. The fourth-order valence-electron chi connectivity index (χ4n) is 2.69. The summed E-state index contributed by atoms with van der Waals surface area (Å²) in [5.74, 6) is 1.19. The van der Waals surface area contributed by atoms with Gasteiger partial charge in [-0.3, -0.25) is 4.79 Å². The van der Waals surface area contributed by atoms with E-state index in [0.29, 0.717) is 36.8 Å². The van der Waals surface area contributed by atoms with Gasteiger partial charge in [-0.15, -0.1) is 6.58 Å². The van der Waals surface area contributed by atoms with Crippen LogP contribution in [0.1, 0.15) is 30.0 Å². The van der Waals surface area contributed by atoms with Crippen molar-refractivity contribution in [2.24, 2.45) is 0 Å². The first kappa shape index (κ1) is 21.8. The number of rotatable bonds is 10. The molecule has 0 saturated heterocycles. The van der Waals surface area contributed by atoms with E-state index >= 15 is 0 Å². The Morgan fingerprint density at radius 1 is 1.21 bits per heavy atom. The van der Waals surface area contributed by atoms with Gasteiger partial charge in [0, 0.05) is 19.2 Å². The van der Waals surface area contributed by atoms with Crippen molar-refractivity contribution in [2.45, 2.75) is 19.9 Å². The topological polar surface area (TPSA) is 62.6 Å². The Hall–Kier alpha value is -3.52. The van der Waals surface area contributed by atoms with Crippen LogP contribution in [-0.2, 0) is 11.3 Å². The lowest BCUT2D eigenvalue weighted by atomic mass is 10.1. The van der Waals surface area contributed by atoms with Gasteiger partial charge in [0.1, 0.15) is 0 Å². The molecule has 2 rings (SSSR count). The number of ether oxygens (including phenoxy) is 2. The van der Waals surface area contributed by atoms with Crippen LogP contribution in [0.15, 0.2) is 61.2 Å². The van der Waals surface area contributed by atoms with Crippen LogP contribution in [0.2, 0.25) is 0 Å². The average molecular weight is 390 g/mol. The normalized spacial score (nSPS) is 10.4. The molecule has 0 N–H and O–H groups in total. The molecule has 0 spiro atoms. The molecule has 0 aliphatic carbocycles. The minimum Gasteiger partial charge on any atom is -0.493 e. The van der Waals surface area contributed by atoms with E-state index in [9.17, 15) is 4.79 Å². The lowest BCUT2D eigenvalue weighted by Gasteiger charge is -2.19. The zero-order valence-electron chi connectivity index (χ0n) is 16.9. The Morgan fingerprint density at radius 3 is 2.59 bits per heavy atom. The summed E-state index contributed by atoms with van der Waals surface area (Å²) in [6.07, 6.45) is 5.90. The van der Waals surface area contributed by atoms with Gasteiger partial charge in [0.25, 0.3) is 0 Å². The predicted octanol–water partition coefficient (Wildman–Crippen LogP) is 4.58. The van der Waals surface area contributed by atoms with E-state index in [1.165, 1.54) is 6.08 Å². The predicted molar refractivity (Wildman–Crippen MR) is 115 cm³/mol. The molecule has 150 valence electrons. The van der Waals surface area contributed by atoms with Crippen molar-refractivity contribution in [1.29, 1.82) is 5.26 Å². The molecule has 0 fully saturated rings. The zero-order valence-corrected chi connectivity index (χ0v) is 16.9. The van der Waals surface area contributed by atoms with Gasteiger partial charge >= 0.3 is 0 Å². The molecule has 0 heterocycles. The van der Waals surface area contributed by atoms with Crippen molar-refractivity contribution < 1.29 is 14.3 Å². The minimum absolute atomic E-state index is 0.125. The molecule has 2 aromatic rings. The number of amides is 1. The summed E-state index contributed by atoms with van der Waals surface area (Å²) >= 11 is 0. The molecule has 0 aliphatic heterocycles. The first-order valence-corrected chi connectivity index (χ1v) is 9.49. The van der Waals surface area contributed by atoms with E-state index in [4.69, 9.17) is 14.7 Å². The van der Waals surface area contributed by atoms with Crippen LogP contribution in [0.5, 0.6) is 11.5 Å². The molecule has 0 bridgehead atoms. The number of nitriles is 1. The zero-order chi connectivity index (χ0) is 21.1. The third-order valence-corrected chi connectivity index (χ3v) is 4.19. The van der Waals surface area contributed by atoms with Crippen molar-refractivity contribution >= 4 is 12.0 Å². The summed E-state index contributed by atoms with van der Waals surface area (Å²) in [4.78, 5) is 14.4. The van der Waals surface area contributed by atoms with Crippen LogP contribution in [0.4, 0.5) is 0 Å². The van der Waals surface area contributed by atoms with Crippen molar-refractivity contribution in [3.63, 3.8) is 0 Å².